The summed E-state index contributed by atoms with van der Waals surface area (Å²) < 4.78 is 15.1. The van der Waals surface area contributed by atoms with Crippen LogP contribution >= 0.6 is 0 Å². The van der Waals surface area contributed by atoms with Gasteiger partial charge >= 0.3 is 12.1 Å². The van der Waals surface area contributed by atoms with Crippen LogP contribution in [0.3, 0.4) is 0 Å². The number of hydrogen-bond donors (Lipinski definition) is 0. The Labute approximate surface area is 118 Å². The average Bonchev–Trinajstić information content (AvgIpc) is 2.28. The van der Waals surface area contributed by atoms with Gasteiger partial charge in [0.1, 0.15) is 5.60 Å². The zero-order valence-corrected chi connectivity index (χ0v) is 12.1. The van der Waals surface area contributed by atoms with Gasteiger partial charge in [-0.15, -0.1) is 0 Å². The first-order valence-corrected chi connectivity index (χ1v) is 6.06. The fourth-order valence-corrected chi connectivity index (χ4v) is 1.17. The van der Waals surface area contributed by atoms with Crippen molar-refractivity contribution < 1.29 is 23.8 Å². The molecule has 0 aliphatic carbocycles. The van der Waals surface area contributed by atoms with E-state index in [1.807, 2.05) is 0 Å². The Morgan fingerprint density at radius 3 is 2.00 bits per heavy atom. The van der Waals surface area contributed by atoms with E-state index in [1.165, 1.54) is 19.1 Å². The van der Waals surface area contributed by atoms with Crippen molar-refractivity contribution in [3.63, 3.8) is 0 Å². The maximum Gasteiger partial charge on any atom is 0.514 e. The van der Waals surface area contributed by atoms with Gasteiger partial charge in [0.2, 0.25) is 0 Å². The zero-order valence-electron chi connectivity index (χ0n) is 12.1. The SMILES string of the molecule is C=C(C)C(=O)Oc1ccccc1OC(=O)OC(C)(C)C. The molecule has 20 heavy (non-hydrogen) atoms. The molecule has 0 aliphatic rings. The Kier molecular flexibility index (Phi) is 4.91. The average molecular weight is 278 g/mol. The molecule has 0 heterocycles. The predicted octanol–water partition coefficient (Wildman–Crippen LogP) is 3.48. The maximum absolute atomic E-state index is 11.6. The highest BCUT2D eigenvalue weighted by Crippen LogP contribution is 2.28. The first-order valence-electron chi connectivity index (χ1n) is 6.06. The fourth-order valence-electron chi connectivity index (χ4n) is 1.17. The van der Waals surface area contributed by atoms with E-state index in [2.05, 4.69) is 6.58 Å². The number of para-hydroxylation sites is 2. The maximum atomic E-state index is 11.6. The summed E-state index contributed by atoms with van der Waals surface area (Å²) in [6, 6.07) is 6.33. The lowest BCUT2D eigenvalue weighted by Crippen LogP contribution is -2.26. The number of carbonyl (C=O) groups is 2. The van der Waals surface area contributed by atoms with Gasteiger partial charge in [-0.2, -0.15) is 0 Å². The van der Waals surface area contributed by atoms with Gasteiger partial charge in [0, 0.05) is 5.57 Å². The van der Waals surface area contributed by atoms with Crippen LogP contribution in [0.4, 0.5) is 4.79 Å². The Bertz CT molecular complexity index is 525. The summed E-state index contributed by atoms with van der Waals surface area (Å²) in [5, 5.41) is 0. The Hall–Kier alpha value is -2.30. The van der Waals surface area contributed by atoms with Crippen molar-refractivity contribution in [3.05, 3.63) is 36.4 Å². The van der Waals surface area contributed by atoms with E-state index < -0.39 is 17.7 Å². The van der Waals surface area contributed by atoms with Gasteiger partial charge in [0.05, 0.1) is 0 Å². The van der Waals surface area contributed by atoms with Crippen LogP contribution in [-0.4, -0.2) is 17.7 Å². The summed E-state index contributed by atoms with van der Waals surface area (Å²) >= 11 is 0. The number of hydrogen-bond acceptors (Lipinski definition) is 5. The smallest absolute Gasteiger partial charge is 0.428 e. The van der Waals surface area contributed by atoms with E-state index in [-0.39, 0.29) is 17.1 Å². The lowest BCUT2D eigenvalue weighted by atomic mass is 10.2. The molecule has 0 atom stereocenters. The highest BCUT2D eigenvalue weighted by molar-refractivity contribution is 5.89. The van der Waals surface area contributed by atoms with E-state index in [0.717, 1.165) is 0 Å². The third-order valence-corrected chi connectivity index (χ3v) is 1.98. The lowest BCUT2D eigenvalue weighted by Gasteiger charge is -2.19. The van der Waals surface area contributed by atoms with Crippen LogP contribution in [0.2, 0.25) is 0 Å². The Morgan fingerprint density at radius 2 is 1.55 bits per heavy atom. The summed E-state index contributed by atoms with van der Waals surface area (Å²) in [5.74, 6) is -0.354. The monoisotopic (exact) mass is 278 g/mol. The molecule has 0 radical (unpaired) electrons. The van der Waals surface area contributed by atoms with Gasteiger partial charge in [-0.25, -0.2) is 9.59 Å². The minimum atomic E-state index is -0.865. The fraction of sp³-hybridized carbons (Fsp3) is 0.333. The van der Waals surface area contributed by atoms with E-state index in [1.54, 1.807) is 32.9 Å². The molecular formula is C15H18O5. The topological polar surface area (TPSA) is 61.8 Å². The summed E-state index contributed by atoms with van der Waals surface area (Å²) in [6.45, 7) is 10.2. The Balaban J connectivity index is 2.83. The molecule has 0 aliphatic heterocycles. The number of ether oxygens (including phenoxy) is 3. The quantitative estimate of drug-likeness (QED) is 0.366. The predicted molar refractivity (Wildman–Crippen MR) is 73.8 cm³/mol. The number of carbonyl (C=O) groups excluding carboxylic acids is 2. The van der Waals surface area contributed by atoms with Gasteiger partial charge in [-0.05, 0) is 39.8 Å². The van der Waals surface area contributed by atoms with Crippen LogP contribution in [0.25, 0.3) is 0 Å². The van der Waals surface area contributed by atoms with Crippen molar-refractivity contribution >= 4 is 12.1 Å². The molecule has 0 spiro atoms. The van der Waals surface area contributed by atoms with Crippen molar-refractivity contribution in [2.45, 2.75) is 33.3 Å². The van der Waals surface area contributed by atoms with Gasteiger partial charge < -0.3 is 14.2 Å². The molecule has 1 rings (SSSR count). The molecule has 0 saturated heterocycles. The van der Waals surface area contributed by atoms with Gasteiger partial charge in [0.15, 0.2) is 11.5 Å². The van der Waals surface area contributed by atoms with E-state index in [0.29, 0.717) is 0 Å². The van der Waals surface area contributed by atoms with Crippen LogP contribution < -0.4 is 9.47 Å². The molecule has 0 unspecified atom stereocenters. The minimum absolute atomic E-state index is 0.108. The second-order valence-electron chi connectivity index (χ2n) is 5.18. The first kappa shape index (κ1) is 15.8. The van der Waals surface area contributed by atoms with Gasteiger partial charge in [-0.1, -0.05) is 18.7 Å². The molecule has 0 N–H and O–H groups in total. The van der Waals surface area contributed by atoms with E-state index >= 15 is 0 Å². The van der Waals surface area contributed by atoms with Crippen molar-refractivity contribution in [1.29, 1.82) is 0 Å². The minimum Gasteiger partial charge on any atom is -0.428 e. The molecule has 0 bridgehead atoms. The summed E-state index contributed by atoms with van der Waals surface area (Å²) in [5.41, 5.74) is -0.419. The van der Waals surface area contributed by atoms with Crippen LogP contribution in [0.1, 0.15) is 27.7 Å². The van der Waals surface area contributed by atoms with Crippen molar-refractivity contribution in [2.75, 3.05) is 0 Å². The van der Waals surface area contributed by atoms with E-state index in [4.69, 9.17) is 14.2 Å². The van der Waals surface area contributed by atoms with Crippen molar-refractivity contribution in [3.8, 4) is 11.5 Å². The van der Waals surface area contributed by atoms with Crippen LogP contribution in [0.5, 0.6) is 11.5 Å². The number of rotatable bonds is 3. The zero-order chi connectivity index (χ0) is 15.3. The third-order valence-electron chi connectivity index (χ3n) is 1.98. The van der Waals surface area contributed by atoms with E-state index in [9.17, 15) is 9.59 Å². The normalized spacial score (nSPS) is 10.6. The standard InChI is InChI=1S/C15H18O5/c1-10(2)13(16)18-11-8-6-7-9-12(11)19-14(17)20-15(3,4)5/h6-9H,1H2,2-5H3. The molecule has 1 aromatic carbocycles. The van der Waals surface area contributed by atoms with Gasteiger partial charge in [-0.3, -0.25) is 0 Å². The molecule has 108 valence electrons. The van der Waals surface area contributed by atoms with Crippen LogP contribution in [-0.2, 0) is 9.53 Å². The molecular weight excluding hydrogens is 260 g/mol. The first-order chi connectivity index (χ1) is 9.19. The summed E-state index contributed by atoms with van der Waals surface area (Å²) in [7, 11) is 0. The lowest BCUT2D eigenvalue weighted by molar-refractivity contribution is -0.130. The van der Waals surface area contributed by atoms with Crippen molar-refractivity contribution in [1.82, 2.24) is 0 Å². The second-order valence-corrected chi connectivity index (χ2v) is 5.18. The Morgan fingerprint density at radius 1 is 1.05 bits per heavy atom. The summed E-state index contributed by atoms with van der Waals surface area (Å²) in [6.07, 6.45) is -0.865. The summed E-state index contributed by atoms with van der Waals surface area (Å²) in [4.78, 5) is 23.1. The molecule has 0 fully saturated rings. The van der Waals surface area contributed by atoms with Crippen LogP contribution in [0.15, 0.2) is 36.4 Å². The molecule has 1 aromatic rings. The number of benzene rings is 1. The molecule has 0 saturated carbocycles. The molecule has 0 aromatic heterocycles. The largest absolute Gasteiger partial charge is 0.514 e. The third kappa shape index (κ3) is 5.14. The highest BCUT2D eigenvalue weighted by Gasteiger charge is 2.20. The van der Waals surface area contributed by atoms with Crippen molar-refractivity contribution in [2.24, 2.45) is 0 Å². The highest BCUT2D eigenvalue weighted by atomic mass is 16.7. The van der Waals surface area contributed by atoms with Gasteiger partial charge in [0.25, 0.3) is 0 Å². The number of esters is 1. The second kappa shape index (κ2) is 6.23. The molecule has 0 amide bonds. The van der Waals surface area contributed by atoms with Crippen LogP contribution in [0, 0.1) is 0 Å². The molecule has 5 nitrogen and oxygen atoms in total. The molecule has 5 heteroatoms.